The summed E-state index contributed by atoms with van der Waals surface area (Å²) in [6.45, 7) is 1.37. The molecule has 0 heterocycles. The Morgan fingerprint density at radius 3 is 2.06 bits per heavy atom. The van der Waals surface area contributed by atoms with Gasteiger partial charge >= 0.3 is 0 Å². The molecule has 0 fully saturated rings. The third-order valence-electron chi connectivity index (χ3n) is 2.04. The van der Waals surface area contributed by atoms with E-state index in [4.69, 9.17) is 9.47 Å². The Morgan fingerprint density at radius 1 is 1.12 bits per heavy atom. The minimum Gasteiger partial charge on any atom is -0.497 e. The van der Waals surface area contributed by atoms with Gasteiger partial charge in [-0.15, -0.1) is 0 Å². The van der Waals surface area contributed by atoms with Crippen LogP contribution in [0.4, 0.5) is 5.69 Å². The van der Waals surface area contributed by atoms with Crippen LogP contribution in [0.3, 0.4) is 0 Å². The van der Waals surface area contributed by atoms with E-state index in [1.54, 1.807) is 18.2 Å². The Kier molecular flexibility index (Phi) is 4.51. The van der Waals surface area contributed by atoms with Crippen LogP contribution in [0.25, 0.3) is 0 Å². The van der Waals surface area contributed by atoms with Crippen molar-refractivity contribution in [3.63, 3.8) is 0 Å². The molecular formula is C12H15NO4. The number of amides is 1. The zero-order chi connectivity index (χ0) is 12.8. The van der Waals surface area contributed by atoms with Crippen LogP contribution in [-0.4, -0.2) is 25.9 Å². The third-order valence-corrected chi connectivity index (χ3v) is 2.04. The van der Waals surface area contributed by atoms with Crippen molar-refractivity contribution in [3.05, 3.63) is 18.2 Å². The first-order valence-electron chi connectivity index (χ1n) is 5.07. The largest absolute Gasteiger partial charge is 0.497 e. The second-order valence-corrected chi connectivity index (χ2v) is 3.53. The summed E-state index contributed by atoms with van der Waals surface area (Å²) in [5.74, 6) is 0.607. The van der Waals surface area contributed by atoms with Crippen LogP contribution in [-0.2, 0) is 9.59 Å². The standard InChI is InChI=1S/C12H15NO4/c1-8(14)4-12(15)13-9-5-10(16-2)7-11(6-9)17-3/h5-7H,4H2,1-3H3,(H,13,15). The van der Waals surface area contributed by atoms with Gasteiger partial charge in [0, 0.05) is 23.9 Å². The number of carbonyl (C=O) groups is 2. The van der Waals surface area contributed by atoms with Crippen molar-refractivity contribution in [2.75, 3.05) is 19.5 Å². The number of anilines is 1. The van der Waals surface area contributed by atoms with E-state index < -0.39 is 0 Å². The predicted octanol–water partition coefficient (Wildman–Crippen LogP) is 1.62. The summed E-state index contributed by atoms with van der Waals surface area (Å²) in [7, 11) is 3.05. The first kappa shape index (κ1) is 13.0. The molecule has 0 aromatic heterocycles. The molecule has 0 aliphatic heterocycles. The van der Waals surface area contributed by atoms with Gasteiger partial charge in [-0.05, 0) is 6.92 Å². The molecule has 0 spiro atoms. The molecular weight excluding hydrogens is 222 g/mol. The molecule has 92 valence electrons. The van der Waals surface area contributed by atoms with E-state index >= 15 is 0 Å². The van der Waals surface area contributed by atoms with Crippen LogP contribution in [0.2, 0.25) is 0 Å². The molecule has 0 aliphatic rings. The smallest absolute Gasteiger partial charge is 0.231 e. The molecule has 1 amide bonds. The van der Waals surface area contributed by atoms with Crippen molar-refractivity contribution in [2.24, 2.45) is 0 Å². The van der Waals surface area contributed by atoms with Crippen molar-refractivity contribution in [1.29, 1.82) is 0 Å². The number of nitrogens with one attached hydrogen (secondary N) is 1. The van der Waals surface area contributed by atoms with Crippen molar-refractivity contribution < 1.29 is 19.1 Å². The Bertz CT molecular complexity index is 406. The normalized spacial score (nSPS) is 9.59. The molecule has 0 bridgehead atoms. The van der Waals surface area contributed by atoms with Crippen molar-refractivity contribution >= 4 is 17.4 Å². The topological polar surface area (TPSA) is 64.6 Å². The summed E-state index contributed by atoms with van der Waals surface area (Å²) in [5.41, 5.74) is 0.535. The van der Waals surface area contributed by atoms with Crippen LogP contribution in [0.1, 0.15) is 13.3 Å². The number of hydrogen-bond acceptors (Lipinski definition) is 4. The van der Waals surface area contributed by atoms with Gasteiger partial charge in [-0.25, -0.2) is 0 Å². The van der Waals surface area contributed by atoms with Crippen molar-refractivity contribution in [1.82, 2.24) is 0 Å². The molecule has 5 nitrogen and oxygen atoms in total. The van der Waals surface area contributed by atoms with Gasteiger partial charge < -0.3 is 14.8 Å². The van der Waals surface area contributed by atoms with Crippen LogP contribution in [0.15, 0.2) is 18.2 Å². The van der Waals surface area contributed by atoms with Gasteiger partial charge in [0.05, 0.1) is 20.6 Å². The monoisotopic (exact) mass is 237 g/mol. The molecule has 0 radical (unpaired) electrons. The first-order valence-corrected chi connectivity index (χ1v) is 5.07. The molecule has 0 aliphatic carbocycles. The number of ether oxygens (including phenoxy) is 2. The van der Waals surface area contributed by atoms with Crippen molar-refractivity contribution in [3.8, 4) is 11.5 Å². The molecule has 0 saturated heterocycles. The molecule has 1 N–H and O–H groups in total. The van der Waals surface area contributed by atoms with Crippen LogP contribution < -0.4 is 14.8 Å². The van der Waals surface area contributed by atoms with E-state index in [1.807, 2.05) is 0 Å². The minimum absolute atomic E-state index is 0.139. The number of ketones is 1. The maximum Gasteiger partial charge on any atom is 0.231 e. The van der Waals surface area contributed by atoms with Gasteiger partial charge in [0.2, 0.25) is 5.91 Å². The Morgan fingerprint density at radius 2 is 1.65 bits per heavy atom. The molecule has 0 unspecified atom stereocenters. The zero-order valence-electron chi connectivity index (χ0n) is 10.1. The summed E-state index contributed by atoms with van der Waals surface area (Å²) >= 11 is 0. The Labute approximate surface area is 99.7 Å². The zero-order valence-corrected chi connectivity index (χ0v) is 10.1. The van der Waals surface area contributed by atoms with E-state index in [-0.39, 0.29) is 18.1 Å². The lowest BCUT2D eigenvalue weighted by Gasteiger charge is -2.09. The highest BCUT2D eigenvalue weighted by molar-refractivity contribution is 6.03. The fourth-order valence-corrected chi connectivity index (χ4v) is 1.31. The van der Waals surface area contributed by atoms with E-state index in [0.717, 1.165) is 0 Å². The summed E-state index contributed by atoms with van der Waals surface area (Å²) in [6, 6.07) is 5.00. The van der Waals surface area contributed by atoms with Gasteiger partial charge in [0.1, 0.15) is 17.3 Å². The molecule has 0 saturated carbocycles. The number of methoxy groups -OCH3 is 2. The highest BCUT2D eigenvalue weighted by Gasteiger charge is 2.07. The van der Waals surface area contributed by atoms with Gasteiger partial charge in [0.15, 0.2) is 0 Å². The summed E-state index contributed by atoms with van der Waals surface area (Å²) in [5, 5.41) is 2.60. The SMILES string of the molecule is COc1cc(NC(=O)CC(C)=O)cc(OC)c1. The maximum atomic E-state index is 11.4. The number of hydrogen-bond donors (Lipinski definition) is 1. The first-order chi connectivity index (χ1) is 8.05. The van der Waals surface area contributed by atoms with Gasteiger partial charge in [-0.2, -0.15) is 0 Å². The van der Waals surface area contributed by atoms with E-state index in [1.165, 1.54) is 21.1 Å². The number of benzene rings is 1. The summed E-state index contributed by atoms with van der Waals surface area (Å²) < 4.78 is 10.1. The molecule has 1 rings (SSSR count). The average molecular weight is 237 g/mol. The Balaban J connectivity index is 2.82. The van der Waals surface area contributed by atoms with Gasteiger partial charge in [-0.3, -0.25) is 9.59 Å². The highest BCUT2D eigenvalue weighted by Crippen LogP contribution is 2.25. The minimum atomic E-state index is -0.354. The fraction of sp³-hybridized carbons (Fsp3) is 0.333. The molecule has 0 atom stereocenters. The van der Waals surface area contributed by atoms with Crippen LogP contribution in [0.5, 0.6) is 11.5 Å². The molecule has 17 heavy (non-hydrogen) atoms. The predicted molar refractivity (Wildman–Crippen MR) is 63.5 cm³/mol. The summed E-state index contributed by atoms with van der Waals surface area (Å²) in [6.07, 6.45) is -0.139. The second-order valence-electron chi connectivity index (χ2n) is 3.53. The van der Waals surface area contributed by atoms with Gasteiger partial charge in [-0.1, -0.05) is 0 Å². The van der Waals surface area contributed by atoms with Crippen LogP contribution in [0, 0.1) is 0 Å². The number of carbonyl (C=O) groups excluding carboxylic acids is 2. The summed E-state index contributed by atoms with van der Waals surface area (Å²) in [4.78, 5) is 22.2. The lowest BCUT2D eigenvalue weighted by Crippen LogP contribution is -2.14. The quantitative estimate of drug-likeness (QED) is 0.790. The molecule has 5 heteroatoms. The average Bonchev–Trinajstić information content (AvgIpc) is 2.27. The van der Waals surface area contributed by atoms with E-state index in [0.29, 0.717) is 17.2 Å². The van der Waals surface area contributed by atoms with Crippen molar-refractivity contribution in [2.45, 2.75) is 13.3 Å². The van der Waals surface area contributed by atoms with E-state index in [9.17, 15) is 9.59 Å². The fourth-order valence-electron chi connectivity index (χ4n) is 1.31. The van der Waals surface area contributed by atoms with Crippen LogP contribution >= 0.6 is 0 Å². The highest BCUT2D eigenvalue weighted by atomic mass is 16.5. The van der Waals surface area contributed by atoms with Gasteiger partial charge in [0.25, 0.3) is 0 Å². The molecule has 1 aromatic carbocycles. The second kappa shape index (κ2) is 5.89. The lowest BCUT2D eigenvalue weighted by atomic mass is 10.2. The number of Topliss-reactive ketones (excluding diaryl/α,β-unsaturated/α-hetero) is 1. The maximum absolute atomic E-state index is 11.4. The Hall–Kier alpha value is -2.04. The lowest BCUT2D eigenvalue weighted by molar-refractivity contribution is -0.124. The third kappa shape index (κ3) is 4.14. The van der Waals surface area contributed by atoms with E-state index in [2.05, 4.69) is 5.32 Å². The number of rotatable bonds is 5. The molecule has 1 aromatic rings.